The first kappa shape index (κ1) is 42.3. The van der Waals surface area contributed by atoms with Crippen molar-refractivity contribution in [3.05, 3.63) is 59.7 Å². The number of nitrogens with two attached hydrogens (primary N) is 1. The van der Waals surface area contributed by atoms with Gasteiger partial charge in [-0.3, -0.25) is 19.2 Å². The van der Waals surface area contributed by atoms with Gasteiger partial charge in [-0.15, -0.1) is 23.2 Å². The van der Waals surface area contributed by atoms with Crippen molar-refractivity contribution in [1.82, 2.24) is 20.9 Å². The Balaban J connectivity index is 1.64. The van der Waals surface area contributed by atoms with E-state index in [0.29, 0.717) is 36.8 Å². The minimum atomic E-state index is -1.55. The van der Waals surface area contributed by atoms with Gasteiger partial charge < -0.3 is 47.0 Å². The van der Waals surface area contributed by atoms with Crippen molar-refractivity contribution in [2.24, 2.45) is 5.73 Å². The fourth-order valence-electron chi connectivity index (χ4n) is 5.98. The summed E-state index contributed by atoms with van der Waals surface area (Å²) in [5.74, 6) is -4.14. The molecule has 1 saturated heterocycles. The number of carbonyl (C=O) groups excluding carboxylic acids is 4. The van der Waals surface area contributed by atoms with E-state index < -0.39 is 70.7 Å². The number of phenolic OH excluding ortho intramolecular Hbond substituents is 2. The number of aliphatic hydroxyl groups is 1. The van der Waals surface area contributed by atoms with E-state index >= 15 is 0 Å². The van der Waals surface area contributed by atoms with Crippen LogP contribution >= 0.6 is 23.2 Å². The van der Waals surface area contributed by atoms with Crippen LogP contribution in [0, 0.1) is 0 Å². The lowest BCUT2D eigenvalue weighted by Gasteiger charge is -2.29. The lowest BCUT2D eigenvalue weighted by atomic mass is 10.0. The van der Waals surface area contributed by atoms with Crippen LogP contribution in [0.25, 0.3) is 0 Å². The summed E-state index contributed by atoms with van der Waals surface area (Å²) in [6.07, 6.45) is 3.34. The van der Waals surface area contributed by atoms with Gasteiger partial charge in [0.15, 0.2) is 0 Å². The van der Waals surface area contributed by atoms with Crippen molar-refractivity contribution < 1.29 is 44.4 Å². The van der Waals surface area contributed by atoms with Crippen LogP contribution < -0.4 is 21.7 Å². The molecular weight excluding hydrogens is 717 g/mol. The van der Waals surface area contributed by atoms with Gasteiger partial charge in [-0.25, -0.2) is 4.79 Å². The molecular formula is C36H49Cl2N5O9. The molecule has 2 aromatic carbocycles. The smallest absolute Gasteiger partial charge is 0.326 e. The lowest BCUT2D eigenvalue weighted by Crippen LogP contribution is -2.58. The Bertz CT molecular complexity index is 1500. The number of hydrogen-bond acceptors (Lipinski definition) is 9. The van der Waals surface area contributed by atoms with Crippen LogP contribution in [0.4, 0.5) is 0 Å². The molecule has 0 unspecified atom stereocenters. The fourth-order valence-corrected chi connectivity index (χ4v) is 6.29. The Morgan fingerprint density at radius 1 is 0.808 bits per heavy atom. The summed E-state index contributed by atoms with van der Waals surface area (Å²) < 4.78 is 0. The van der Waals surface area contributed by atoms with E-state index in [2.05, 4.69) is 16.0 Å². The maximum Gasteiger partial charge on any atom is 0.326 e. The first-order chi connectivity index (χ1) is 24.7. The number of amides is 4. The number of hydrogen-bond donors (Lipinski definition) is 8. The Kier molecular flexibility index (Phi) is 16.9. The van der Waals surface area contributed by atoms with Crippen molar-refractivity contribution in [3.8, 4) is 11.5 Å². The highest BCUT2D eigenvalue weighted by atomic mass is 35.5. The molecule has 14 nitrogen and oxygen atoms in total. The maximum absolute atomic E-state index is 13.7. The van der Waals surface area contributed by atoms with Crippen molar-refractivity contribution in [2.75, 3.05) is 6.54 Å². The van der Waals surface area contributed by atoms with Gasteiger partial charge in [0.1, 0.15) is 46.6 Å². The number of carboxylic acids is 1. The number of likely N-dealkylation sites (tertiary alicyclic amines) is 1. The molecule has 0 aliphatic carbocycles. The molecule has 9 N–H and O–H groups in total. The van der Waals surface area contributed by atoms with Crippen molar-refractivity contribution >= 4 is 52.8 Å². The van der Waals surface area contributed by atoms with Crippen molar-refractivity contribution in [1.29, 1.82) is 0 Å². The molecule has 0 saturated carbocycles. The van der Waals surface area contributed by atoms with Crippen LogP contribution in [0.1, 0.15) is 69.4 Å². The van der Waals surface area contributed by atoms with Crippen molar-refractivity contribution in [3.63, 3.8) is 0 Å². The zero-order valence-electron chi connectivity index (χ0n) is 29.0. The van der Waals surface area contributed by atoms with E-state index in [4.69, 9.17) is 28.9 Å². The average Bonchev–Trinajstić information content (AvgIpc) is 3.60. The van der Waals surface area contributed by atoms with Gasteiger partial charge in [0.2, 0.25) is 17.7 Å². The Hall–Kier alpha value is -4.11. The minimum absolute atomic E-state index is 0.00309. The Morgan fingerprint density at radius 3 is 1.88 bits per heavy atom. The summed E-state index contributed by atoms with van der Waals surface area (Å²) in [7, 11) is 0. The van der Waals surface area contributed by atoms with E-state index in [1.165, 1.54) is 48.2 Å². The third-order valence-electron chi connectivity index (χ3n) is 8.95. The van der Waals surface area contributed by atoms with Crippen LogP contribution in [0.5, 0.6) is 11.5 Å². The highest BCUT2D eigenvalue weighted by Crippen LogP contribution is 2.20. The summed E-state index contributed by atoms with van der Waals surface area (Å²) in [6.45, 7) is 1.64. The number of carbonyl (C=O) groups is 5. The summed E-state index contributed by atoms with van der Waals surface area (Å²) in [5.41, 5.74) is 7.16. The largest absolute Gasteiger partial charge is 0.508 e. The number of benzene rings is 2. The number of halogens is 2. The van der Waals surface area contributed by atoms with E-state index in [-0.39, 0.29) is 37.3 Å². The molecule has 3 rings (SSSR count). The normalized spacial score (nSPS) is 17.1. The summed E-state index contributed by atoms with van der Waals surface area (Å²) in [4.78, 5) is 66.5. The van der Waals surface area contributed by atoms with Crippen LogP contribution in [0.2, 0.25) is 0 Å². The van der Waals surface area contributed by atoms with Gasteiger partial charge >= 0.3 is 5.97 Å². The number of unbranched alkanes of at least 4 members (excludes halogenated alkanes) is 3. The molecule has 0 radical (unpaired) electrons. The van der Waals surface area contributed by atoms with Gasteiger partial charge in [0, 0.05) is 25.4 Å². The molecule has 16 heteroatoms. The molecule has 286 valence electrons. The molecule has 0 spiro atoms. The standard InChI is InChI=1S/C36H49Cl2N5O9/c1-21(40-34(49)31(46)26(39)7-4-2-3-5-9-30(37)38)35(50)43-18-6-8-29(43)33(48)41-27(19-22-10-14-24(44)15-11-22)32(47)42-28(36(51)52)20-23-12-16-25(45)17-13-23/h10-17,21,26-31,44-46H,2-9,18-20,39H2,1H3,(H,40,49)(H,41,48)(H,42,47)(H,51,52)/t21-,26-,27-,28-,29+,31+/m0/s1. The number of alkyl halides is 2. The minimum Gasteiger partial charge on any atom is -0.508 e. The van der Waals surface area contributed by atoms with Crippen LogP contribution in [0.15, 0.2) is 48.5 Å². The molecule has 6 atom stereocenters. The lowest BCUT2D eigenvalue weighted by molar-refractivity contribution is -0.143. The topological polar surface area (TPSA) is 232 Å². The number of carboxylic acid groups (broad SMARTS) is 1. The van der Waals surface area contributed by atoms with Gasteiger partial charge in [-0.05, 0) is 68.0 Å². The van der Waals surface area contributed by atoms with E-state index in [1.807, 2.05) is 0 Å². The maximum atomic E-state index is 13.7. The van der Waals surface area contributed by atoms with Gasteiger partial charge in [0.25, 0.3) is 5.91 Å². The predicted octanol–water partition coefficient (Wildman–Crippen LogP) is 2.27. The number of aliphatic carboxylic acids is 1. The van der Waals surface area contributed by atoms with Crippen LogP contribution in [-0.4, -0.2) is 103 Å². The first-order valence-corrected chi connectivity index (χ1v) is 18.3. The number of phenols is 2. The zero-order valence-corrected chi connectivity index (χ0v) is 30.6. The Labute approximate surface area is 313 Å². The number of aliphatic hydroxyl groups excluding tert-OH is 1. The molecule has 0 bridgehead atoms. The van der Waals surface area contributed by atoms with E-state index in [1.54, 1.807) is 12.1 Å². The average molecular weight is 767 g/mol. The third kappa shape index (κ3) is 13.5. The number of nitrogens with one attached hydrogen (secondary N) is 3. The highest BCUT2D eigenvalue weighted by Gasteiger charge is 2.39. The molecule has 4 amide bonds. The van der Waals surface area contributed by atoms with Crippen molar-refractivity contribution in [2.45, 2.75) is 112 Å². The van der Waals surface area contributed by atoms with Gasteiger partial charge in [-0.2, -0.15) is 0 Å². The number of rotatable bonds is 20. The summed E-state index contributed by atoms with van der Waals surface area (Å²) in [5, 5.41) is 47.3. The second kappa shape index (κ2) is 20.8. The molecule has 1 heterocycles. The van der Waals surface area contributed by atoms with E-state index in [9.17, 15) is 44.4 Å². The predicted molar refractivity (Wildman–Crippen MR) is 195 cm³/mol. The van der Waals surface area contributed by atoms with E-state index in [0.717, 1.165) is 19.3 Å². The summed E-state index contributed by atoms with van der Waals surface area (Å²) in [6, 6.07) is 6.22. The SMILES string of the molecule is C[C@H](NC(=O)[C@H](O)[C@@H](N)CCCCCCC(Cl)Cl)C(=O)N1CCC[C@@H]1C(=O)N[C@@H](Cc1ccc(O)cc1)C(=O)N[C@@H](Cc1ccc(O)cc1)C(=O)O. The quantitative estimate of drug-likeness (QED) is 0.0724. The molecule has 52 heavy (non-hydrogen) atoms. The third-order valence-corrected chi connectivity index (χ3v) is 9.39. The molecule has 0 aromatic heterocycles. The molecule has 2 aromatic rings. The molecule has 1 aliphatic rings. The van der Waals surface area contributed by atoms with Crippen LogP contribution in [-0.2, 0) is 36.8 Å². The molecule has 1 aliphatic heterocycles. The second-order valence-electron chi connectivity index (χ2n) is 13.1. The number of aromatic hydroxyl groups is 2. The van der Waals surface area contributed by atoms with Gasteiger partial charge in [-0.1, -0.05) is 49.9 Å². The van der Waals surface area contributed by atoms with Crippen LogP contribution in [0.3, 0.4) is 0 Å². The second-order valence-corrected chi connectivity index (χ2v) is 14.4. The first-order valence-electron chi connectivity index (χ1n) is 17.4. The Morgan fingerprint density at radius 2 is 1.35 bits per heavy atom. The fraction of sp³-hybridized carbons (Fsp3) is 0.528. The molecule has 1 fully saturated rings. The number of nitrogens with zero attached hydrogens (tertiary/aromatic N) is 1. The zero-order chi connectivity index (χ0) is 38.4. The summed E-state index contributed by atoms with van der Waals surface area (Å²) >= 11 is 11.5. The van der Waals surface area contributed by atoms with Gasteiger partial charge in [0.05, 0.1) is 0 Å². The highest BCUT2D eigenvalue weighted by molar-refractivity contribution is 6.44. The monoisotopic (exact) mass is 765 g/mol.